The fraction of sp³-hybridized carbons (Fsp3) is 1.00. The zero-order chi connectivity index (χ0) is 13.3. The van der Waals surface area contributed by atoms with Crippen molar-refractivity contribution in [3.63, 3.8) is 0 Å². The highest BCUT2D eigenvalue weighted by Crippen LogP contribution is 2.45. The average molecular weight is 264 g/mol. The summed E-state index contributed by atoms with van der Waals surface area (Å²) in [5.74, 6) is 2.00. The first kappa shape index (κ1) is 13.9. The Morgan fingerprint density at radius 3 is 2.16 bits per heavy atom. The van der Waals surface area contributed by atoms with E-state index in [4.69, 9.17) is 5.73 Å². The highest BCUT2D eigenvalue weighted by Gasteiger charge is 2.46. The number of hydrogen-bond donors (Lipinski definition) is 1. The van der Waals surface area contributed by atoms with Crippen LogP contribution in [0, 0.1) is 11.8 Å². The maximum Gasteiger partial charge on any atom is 0.0335 e. The Morgan fingerprint density at radius 2 is 1.68 bits per heavy atom. The van der Waals surface area contributed by atoms with Gasteiger partial charge < -0.3 is 5.73 Å². The second-order valence-electron chi connectivity index (χ2n) is 7.49. The van der Waals surface area contributed by atoms with Crippen LogP contribution < -0.4 is 5.73 Å². The van der Waals surface area contributed by atoms with Gasteiger partial charge in [-0.15, -0.1) is 0 Å². The van der Waals surface area contributed by atoms with Crippen molar-refractivity contribution in [1.82, 2.24) is 4.90 Å². The lowest BCUT2D eigenvalue weighted by molar-refractivity contribution is 0.0298. The third kappa shape index (κ3) is 3.16. The summed E-state index contributed by atoms with van der Waals surface area (Å²) in [5, 5.41) is 0. The van der Waals surface area contributed by atoms with Crippen LogP contribution in [0.2, 0.25) is 0 Å². The van der Waals surface area contributed by atoms with Crippen LogP contribution in [0.5, 0.6) is 0 Å². The highest BCUT2D eigenvalue weighted by atomic mass is 15.3. The summed E-state index contributed by atoms with van der Waals surface area (Å²) in [6.45, 7) is 4.59. The Bertz CT molecular complexity index is 286. The number of hydrogen-bond acceptors (Lipinski definition) is 2. The monoisotopic (exact) mass is 264 g/mol. The van der Waals surface area contributed by atoms with Crippen LogP contribution in [0.25, 0.3) is 0 Å². The quantitative estimate of drug-likeness (QED) is 0.762. The average Bonchev–Trinajstić information content (AvgIpc) is 3.30. The summed E-state index contributed by atoms with van der Waals surface area (Å²) >= 11 is 0. The summed E-state index contributed by atoms with van der Waals surface area (Å²) in [5.41, 5.74) is 6.66. The SMILES string of the molecule is CCCC1CCC(CN)(N(CC2CC2)C2CC2)CC1. The Morgan fingerprint density at radius 1 is 1.00 bits per heavy atom. The van der Waals surface area contributed by atoms with E-state index in [-0.39, 0.29) is 0 Å². The topological polar surface area (TPSA) is 29.3 Å². The van der Waals surface area contributed by atoms with Gasteiger partial charge in [0.25, 0.3) is 0 Å². The summed E-state index contributed by atoms with van der Waals surface area (Å²) in [6, 6.07) is 0.895. The normalized spacial score (nSPS) is 35.8. The minimum atomic E-state index is 0.383. The highest BCUT2D eigenvalue weighted by molar-refractivity contribution is 5.03. The predicted molar refractivity (Wildman–Crippen MR) is 81.1 cm³/mol. The lowest BCUT2D eigenvalue weighted by Gasteiger charge is -2.48. The van der Waals surface area contributed by atoms with Crippen LogP contribution in [0.1, 0.15) is 71.1 Å². The summed E-state index contributed by atoms with van der Waals surface area (Å²) < 4.78 is 0. The van der Waals surface area contributed by atoms with Gasteiger partial charge in [-0.3, -0.25) is 4.90 Å². The molecule has 0 spiro atoms. The van der Waals surface area contributed by atoms with Crippen LogP contribution in [-0.4, -0.2) is 29.6 Å². The molecule has 0 heterocycles. The Hall–Kier alpha value is -0.0800. The maximum absolute atomic E-state index is 6.28. The van der Waals surface area contributed by atoms with Crippen molar-refractivity contribution < 1.29 is 0 Å². The van der Waals surface area contributed by atoms with E-state index >= 15 is 0 Å². The second kappa shape index (κ2) is 5.73. The molecule has 3 fully saturated rings. The molecule has 0 aliphatic heterocycles. The smallest absolute Gasteiger partial charge is 0.0335 e. The predicted octanol–water partition coefficient (Wildman–Crippen LogP) is 3.55. The number of nitrogens with two attached hydrogens (primary N) is 1. The lowest BCUT2D eigenvalue weighted by atomic mass is 9.74. The summed E-state index contributed by atoms with van der Waals surface area (Å²) in [6.07, 6.45) is 14.2. The van der Waals surface area contributed by atoms with Crippen molar-refractivity contribution in [3.05, 3.63) is 0 Å². The van der Waals surface area contributed by atoms with Crippen molar-refractivity contribution in [2.45, 2.75) is 82.7 Å². The minimum Gasteiger partial charge on any atom is -0.329 e. The van der Waals surface area contributed by atoms with E-state index in [0.717, 1.165) is 24.4 Å². The van der Waals surface area contributed by atoms with Crippen molar-refractivity contribution in [2.24, 2.45) is 17.6 Å². The molecule has 0 aromatic heterocycles. The zero-order valence-corrected chi connectivity index (χ0v) is 12.7. The number of rotatable bonds is 7. The molecular weight excluding hydrogens is 232 g/mol. The molecule has 0 radical (unpaired) electrons. The van der Waals surface area contributed by atoms with Gasteiger partial charge in [0, 0.05) is 24.7 Å². The third-order valence-corrected chi connectivity index (χ3v) is 5.86. The molecule has 0 saturated heterocycles. The standard InChI is InChI=1S/C17H32N2/c1-2-3-14-8-10-17(13-18,11-9-14)19(16-6-7-16)12-15-4-5-15/h14-16H,2-13,18H2,1H3. The van der Waals surface area contributed by atoms with Gasteiger partial charge in [0.2, 0.25) is 0 Å². The van der Waals surface area contributed by atoms with Crippen molar-refractivity contribution in [2.75, 3.05) is 13.1 Å². The van der Waals surface area contributed by atoms with Gasteiger partial charge in [-0.2, -0.15) is 0 Å². The van der Waals surface area contributed by atoms with Crippen LogP contribution in [0.4, 0.5) is 0 Å². The first-order valence-electron chi connectivity index (χ1n) is 8.74. The van der Waals surface area contributed by atoms with Crippen LogP contribution in [-0.2, 0) is 0 Å². The lowest BCUT2D eigenvalue weighted by Crippen LogP contribution is -2.57. The molecule has 0 aromatic carbocycles. The van der Waals surface area contributed by atoms with Gasteiger partial charge in [-0.25, -0.2) is 0 Å². The molecule has 110 valence electrons. The van der Waals surface area contributed by atoms with Gasteiger partial charge in [-0.05, 0) is 63.2 Å². The molecule has 0 unspecified atom stereocenters. The molecular formula is C17H32N2. The molecule has 0 atom stereocenters. The summed E-state index contributed by atoms with van der Waals surface area (Å²) in [7, 11) is 0. The van der Waals surface area contributed by atoms with E-state index in [2.05, 4.69) is 11.8 Å². The first-order valence-corrected chi connectivity index (χ1v) is 8.74. The second-order valence-corrected chi connectivity index (χ2v) is 7.49. The molecule has 2 nitrogen and oxygen atoms in total. The van der Waals surface area contributed by atoms with Crippen molar-refractivity contribution in [1.29, 1.82) is 0 Å². The Labute approximate surface area is 119 Å². The van der Waals surface area contributed by atoms with E-state index in [9.17, 15) is 0 Å². The zero-order valence-electron chi connectivity index (χ0n) is 12.7. The molecule has 0 aromatic rings. The van der Waals surface area contributed by atoms with Gasteiger partial charge in [-0.1, -0.05) is 19.8 Å². The van der Waals surface area contributed by atoms with Gasteiger partial charge in [0.05, 0.1) is 0 Å². The molecule has 2 heteroatoms. The van der Waals surface area contributed by atoms with Crippen LogP contribution in [0.3, 0.4) is 0 Å². The van der Waals surface area contributed by atoms with E-state index in [1.54, 1.807) is 0 Å². The molecule has 0 bridgehead atoms. The molecule has 3 rings (SSSR count). The fourth-order valence-electron chi connectivity index (χ4n) is 4.22. The van der Waals surface area contributed by atoms with Gasteiger partial charge in [0.1, 0.15) is 0 Å². The van der Waals surface area contributed by atoms with Gasteiger partial charge in [0.15, 0.2) is 0 Å². The summed E-state index contributed by atoms with van der Waals surface area (Å²) in [4.78, 5) is 2.88. The molecule has 3 aliphatic rings. The Balaban J connectivity index is 1.63. The maximum atomic E-state index is 6.28. The molecule has 3 saturated carbocycles. The van der Waals surface area contributed by atoms with Gasteiger partial charge >= 0.3 is 0 Å². The number of nitrogens with zero attached hydrogens (tertiary/aromatic N) is 1. The van der Waals surface area contributed by atoms with E-state index in [1.165, 1.54) is 70.8 Å². The largest absolute Gasteiger partial charge is 0.329 e. The van der Waals surface area contributed by atoms with E-state index in [0.29, 0.717) is 5.54 Å². The van der Waals surface area contributed by atoms with E-state index < -0.39 is 0 Å². The first-order chi connectivity index (χ1) is 9.27. The van der Waals surface area contributed by atoms with Crippen LogP contribution >= 0.6 is 0 Å². The van der Waals surface area contributed by atoms with E-state index in [1.807, 2.05) is 0 Å². The van der Waals surface area contributed by atoms with Crippen LogP contribution in [0.15, 0.2) is 0 Å². The minimum absolute atomic E-state index is 0.383. The molecule has 2 N–H and O–H groups in total. The third-order valence-electron chi connectivity index (χ3n) is 5.86. The Kier molecular flexibility index (Phi) is 4.19. The fourth-order valence-corrected chi connectivity index (χ4v) is 4.22. The molecule has 0 amide bonds. The van der Waals surface area contributed by atoms with Crippen molar-refractivity contribution >= 4 is 0 Å². The molecule has 19 heavy (non-hydrogen) atoms. The molecule has 3 aliphatic carbocycles. The van der Waals surface area contributed by atoms with Crippen molar-refractivity contribution in [3.8, 4) is 0 Å².